The summed E-state index contributed by atoms with van der Waals surface area (Å²) < 4.78 is 13.2. The summed E-state index contributed by atoms with van der Waals surface area (Å²) in [4.78, 5) is 30.9. The van der Waals surface area contributed by atoms with E-state index in [0.717, 1.165) is 4.90 Å². The summed E-state index contributed by atoms with van der Waals surface area (Å²) in [5, 5.41) is 0. The molecule has 0 amide bonds. The number of carbonyl (C=O) groups excluding carboxylic acids is 2. The van der Waals surface area contributed by atoms with Crippen molar-refractivity contribution in [2.24, 2.45) is 0 Å². The van der Waals surface area contributed by atoms with Crippen LogP contribution in [0.4, 0.5) is 4.39 Å². The first kappa shape index (κ1) is 19.0. The molecule has 0 radical (unpaired) electrons. The number of nitrogens with zero attached hydrogens (tertiary/aromatic N) is 1. The number of Topliss-reactive ketones (excluding diaryl/α,β-unsaturated/α-hetero) is 2. The van der Waals surface area contributed by atoms with Crippen molar-refractivity contribution in [1.29, 1.82) is 0 Å². The van der Waals surface area contributed by atoms with Gasteiger partial charge in [-0.2, -0.15) is 0 Å². The number of pyridine rings is 1. The Morgan fingerprint density at radius 3 is 2.11 bits per heavy atom. The zero-order valence-electron chi connectivity index (χ0n) is 14.8. The summed E-state index contributed by atoms with van der Waals surface area (Å²) in [6.07, 6.45) is 5.20. The first-order valence-corrected chi connectivity index (χ1v) is 9.68. The molecule has 5 heteroatoms. The van der Waals surface area contributed by atoms with Crippen LogP contribution in [0.3, 0.4) is 0 Å². The van der Waals surface area contributed by atoms with Gasteiger partial charge < -0.3 is 0 Å². The molecule has 136 valence electrons. The van der Waals surface area contributed by atoms with E-state index in [9.17, 15) is 14.0 Å². The minimum absolute atomic E-state index is 0.0405. The molecule has 0 saturated carbocycles. The number of aromatic nitrogens is 1. The quantitative estimate of drug-likeness (QED) is 0.419. The van der Waals surface area contributed by atoms with Gasteiger partial charge in [0.05, 0.1) is 5.92 Å². The number of benzene rings is 2. The van der Waals surface area contributed by atoms with E-state index >= 15 is 0 Å². The van der Waals surface area contributed by atoms with E-state index in [4.69, 9.17) is 0 Å². The second kappa shape index (κ2) is 8.73. The van der Waals surface area contributed by atoms with Crippen molar-refractivity contribution in [2.45, 2.75) is 17.2 Å². The Bertz CT molecular complexity index is 925. The molecule has 1 unspecified atom stereocenters. The van der Waals surface area contributed by atoms with Gasteiger partial charge in [0, 0.05) is 34.8 Å². The summed E-state index contributed by atoms with van der Waals surface area (Å²) in [6, 6.07) is 16.2. The molecule has 27 heavy (non-hydrogen) atoms. The molecule has 3 rings (SSSR count). The maximum absolute atomic E-state index is 13.2. The van der Waals surface area contributed by atoms with Crippen molar-refractivity contribution in [2.75, 3.05) is 6.26 Å². The Balaban J connectivity index is 1.89. The summed E-state index contributed by atoms with van der Waals surface area (Å²) in [5.41, 5.74) is 1.66. The highest BCUT2D eigenvalue weighted by Gasteiger charge is 2.25. The number of hydrogen-bond acceptors (Lipinski definition) is 4. The Kier molecular flexibility index (Phi) is 6.14. The van der Waals surface area contributed by atoms with Crippen molar-refractivity contribution in [3.8, 4) is 0 Å². The molecular formula is C22H18FNO2S. The summed E-state index contributed by atoms with van der Waals surface area (Å²) in [7, 11) is 0. The Labute approximate surface area is 161 Å². The van der Waals surface area contributed by atoms with Gasteiger partial charge in [-0.1, -0.05) is 12.1 Å². The van der Waals surface area contributed by atoms with Crippen molar-refractivity contribution in [3.05, 3.63) is 95.6 Å². The van der Waals surface area contributed by atoms with Crippen molar-refractivity contribution < 1.29 is 14.0 Å². The molecule has 3 nitrogen and oxygen atoms in total. The second-order valence-electron chi connectivity index (χ2n) is 6.06. The molecule has 0 aliphatic rings. The fourth-order valence-corrected chi connectivity index (χ4v) is 3.26. The SMILES string of the molecule is CSc1ccc(C(=O)CC(C(=O)c2ccc(F)cc2)c2ccncc2)cc1. The highest BCUT2D eigenvalue weighted by molar-refractivity contribution is 7.98. The van der Waals surface area contributed by atoms with E-state index in [2.05, 4.69) is 4.98 Å². The molecule has 0 spiro atoms. The van der Waals surface area contributed by atoms with Crippen LogP contribution >= 0.6 is 11.8 Å². The van der Waals surface area contributed by atoms with Crippen LogP contribution in [-0.2, 0) is 0 Å². The van der Waals surface area contributed by atoms with E-state index in [0.29, 0.717) is 16.7 Å². The van der Waals surface area contributed by atoms with Crippen molar-refractivity contribution >= 4 is 23.3 Å². The summed E-state index contributed by atoms with van der Waals surface area (Å²) >= 11 is 1.60. The van der Waals surface area contributed by atoms with Gasteiger partial charge in [-0.15, -0.1) is 11.8 Å². The van der Waals surface area contributed by atoms with Gasteiger partial charge in [0.1, 0.15) is 5.82 Å². The average Bonchev–Trinajstić information content (AvgIpc) is 2.72. The number of carbonyl (C=O) groups is 2. The van der Waals surface area contributed by atoms with E-state index < -0.39 is 11.7 Å². The number of halogens is 1. The third-order valence-corrected chi connectivity index (χ3v) is 5.10. The molecule has 0 aliphatic heterocycles. The minimum atomic E-state index is -0.647. The smallest absolute Gasteiger partial charge is 0.170 e. The molecule has 1 atom stereocenters. The van der Waals surface area contributed by atoms with E-state index in [1.54, 1.807) is 48.4 Å². The first-order valence-electron chi connectivity index (χ1n) is 8.45. The lowest BCUT2D eigenvalue weighted by Crippen LogP contribution is -2.17. The molecule has 0 bridgehead atoms. The summed E-state index contributed by atoms with van der Waals surface area (Å²) in [5.74, 6) is -1.38. The zero-order chi connectivity index (χ0) is 19.2. The predicted molar refractivity (Wildman–Crippen MR) is 105 cm³/mol. The van der Waals surface area contributed by atoms with Crippen LogP contribution in [0.5, 0.6) is 0 Å². The zero-order valence-corrected chi connectivity index (χ0v) is 15.6. The lowest BCUT2D eigenvalue weighted by molar-refractivity contribution is 0.0893. The first-order chi connectivity index (χ1) is 13.1. The van der Waals surface area contributed by atoms with Gasteiger partial charge in [-0.3, -0.25) is 14.6 Å². The van der Waals surface area contributed by atoms with Crippen molar-refractivity contribution in [3.63, 3.8) is 0 Å². The van der Waals surface area contributed by atoms with Gasteiger partial charge in [-0.25, -0.2) is 4.39 Å². The number of ketones is 2. The topological polar surface area (TPSA) is 47.0 Å². The molecule has 0 fully saturated rings. The van der Waals surface area contributed by atoms with Crippen LogP contribution in [0.1, 0.15) is 38.6 Å². The second-order valence-corrected chi connectivity index (χ2v) is 6.94. The fourth-order valence-electron chi connectivity index (χ4n) is 2.85. The lowest BCUT2D eigenvalue weighted by atomic mass is 9.86. The normalized spacial score (nSPS) is 11.8. The van der Waals surface area contributed by atoms with E-state index in [1.807, 2.05) is 18.4 Å². The number of rotatable bonds is 7. The van der Waals surface area contributed by atoms with Crippen LogP contribution < -0.4 is 0 Å². The molecule has 0 aliphatic carbocycles. The molecule has 0 saturated heterocycles. The maximum atomic E-state index is 13.2. The van der Waals surface area contributed by atoms with Gasteiger partial charge in [-0.05, 0) is 60.4 Å². The fraction of sp³-hybridized carbons (Fsp3) is 0.136. The Morgan fingerprint density at radius 2 is 1.52 bits per heavy atom. The standard InChI is InChI=1S/C22H18FNO2S/c1-27-19-8-4-16(5-9-19)21(25)14-20(15-10-12-24-13-11-15)22(26)17-2-6-18(23)7-3-17/h2-13,20H,14H2,1H3. The largest absolute Gasteiger partial charge is 0.294 e. The van der Waals surface area contributed by atoms with E-state index in [-0.39, 0.29) is 18.0 Å². The van der Waals surface area contributed by atoms with E-state index in [1.165, 1.54) is 24.3 Å². The molecular weight excluding hydrogens is 361 g/mol. The van der Waals surface area contributed by atoms with Gasteiger partial charge in [0.2, 0.25) is 0 Å². The number of hydrogen-bond donors (Lipinski definition) is 0. The molecule has 1 aromatic heterocycles. The average molecular weight is 379 g/mol. The Morgan fingerprint density at radius 1 is 0.926 bits per heavy atom. The van der Waals surface area contributed by atoms with Crippen LogP contribution in [0.2, 0.25) is 0 Å². The van der Waals surface area contributed by atoms with Crippen LogP contribution in [-0.4, -0.2) is 22.8 Å². The van der Waals surface area contributed by atoms with Crippen LogP contribution in [0.25, 0.3) is 0 Å². The molecule has 1 heterocycles. The van der Waals surface area contributed by atoms with Gasteiger partial charge >= 0.3 is 0 Å². The third-order valence-electron chi connectivity index (χ3n) is 4.36. The minimum Gasteiger partial charge on any atom is -0.294 e. The van der Waals surface area contributed by atoms with Gasteiger partial charge in [0.25, 0.3) is 0 Å². The Hall–Kier alpha value is -2.79. The van der Waals surface area contributed by atoms with Crippen LogP contribution in [0, 0.1) is 5.82 Å². The maximum Gasteiger partial charge on any atom is 0.170 e. The molecule has 0 N–H and O–H groups in total. The third kappa shape index (κ3) is 4.68. The lowest BCUT2D eigenvalue weighted by Gasteiger charge is -2.16. The molecule has 3 aromatic rings. The summed E-state index contributed by atoms with van der Waals surface area (Å²) in [6.45, 7) is 0. The number of thioether (sulfide) groups is 1. The molecule has 2 aromatic carbocycles. The highest BCUT2D eigenvalue weighted by Crippen LogP contribution is 2.27. The predicted octanol–water partition coefficient (Wildman–Crippen LogP) is 5.18. The van der Waals surface area contributed by atoms with Gasteiger partial charge in [0.15, 0.2) is 11.6 Å². The van der Waals surface area contributed by atoms with Crippen LogP contribution in [0.15, 0.2) is 78.0 Å². The van der Waals surface area contributed by atoms with Crippen molar-refractivity contribution in [1.82, 2.24) is 4.98 Å². The highest BCUT2D eigenvalue weighted by atomic mass is 32.2. The monoisotopic (exact) mass is 379 g/mol.